The van der Waals surface area contributed by atoms with Gasteiger partial charge < -0.3 is 9.47 Å². The molecule has 0 aliphatic carbocycles. The fraction of sp³-hybridized carbons (Fsp3) is 0.333. The third kappa shape index (κ3) is 3.08. The Morgan fingerprint density at radius 1 is 1.30 bits per heavy atom. The zero-order valence-electron chi connectivity index (χ0n) is 11.3. The van der Waals surface area contributed by atoms with E-state index < -0.39 is 0 Å². The summed E-state index contributed by atoms with van der Waals surface area (Å²) in [6, 6.07) is 7.30. The lowest BCUT2D eigenvalue weighted by Gasteiger charge is -2.09. The molecular weight excluding hydrogens is 280 g/mol. The molecule has 0 bridgehead atoms. The summed E-state index contributed by atoms with van der Waals surface area (Å²) < 4.78 is 11.3. The number of nitrogens with zero attached hydrogens (tertiary/aromatic N) is 4. The van der Waals surface area contributed by atoms with E-state index in [-0.39, 0.29) is 11.2 Å². The first-order valence-corrected chi connectivity index (χ1v) is 6.71. The Balaban J connectivity index is 2.21. The molecule has 1 heterocycles. The molecule has 0 aliphatic heterocycles. The molecule has 106 valence electrons. The molecule has 0 spiro atoms. The molecule has 8 heteroatoms. The summed E-state index contributed by atoms with van der Waals surface area (Å²) in [7, 11) is 2.96. The first kappa shape index (κ1) is 14.3. The summed E-state index contributed by atoms with van der Waals surface area (Å²) in [4.78, 5) is 11.4. The van der Waals surface area contributed by atoms with Crippen molar-refractivity contribution in [1.29, 1.82) is 0 Å². The molecule has 0 unspecified atom stereocenters. The summed E-state index contributed by atoms with van der Waals surface area (Å²) >= 11 is 1.24. The molecular formula is C12H14N4O3S. The van der Waals surface area contributed by atoms with Gasteiger partial charge in [-0.25, -0.2) is 0 Å². The van der Waals surface area contributed by atoms with Gasteiger partial charge in [0.15, 0.2) is 0 Å². The molecule has 1 aromatic carbocycles. The standard InChI is InChI=1S/C12H14N4O3S/c1-8(11(17)19-3)20-12-13-14-15-16(12)9-4-6-10(18-2)7-5-9/h4-8H,1-3H3/t8-/m0/s1. The number of esters is 1. The number of aromatic nitrogens is 4. The van der Waals surface area contributed by atoms with E-state index in [1.165, 1.54) is 18.9 Å². The Bertz CT molecular complexity index is 585. The summed E-state index contributed by atoms with van der Waals surface area (Å²) in [5, 5.41) is 11.6. The second-order valence-corrected chi connectivity index (χ2v) is 5.16. The molecule has 0 radical (unpaired) electrons. The van der Waals surface area contributed by atoms with Crippen LogP contribution in [0.15, 0.2) is 29.4 Å². The van der Waals surface area contributed by atoms with E-state index in [2.05, 4.69) is 20.3 Å². The van der Waals surface area contributed by atoms with Gasteiger partial charge in [0.25, 0.3) is 0 Å². The molecule has 0 fully saturated rings. The van der Waals surface area contributed by atoms with Gasteiger partial charge in [0, 0.05) is 0 Å². The van der Waals surface area contributed by atoms with Gasteiger partial charge in [-0.2, -0.15) is 4.68 Å². The van der Waals surface area contributed by atoms with Crippen molar-refractivity contribution in [2.24, 2.45) is 0 Å². The van der Waals surface area contributed by atoms with Crippen LogP contribution in [0.5, 0.6) is 5.75 Å². The third-order valence-corrected chi connectivity index (χ3v) is 3.58. The smallest absolute Gasteiger partial charge is 0.318 e. The number of carbonyl (C=O) groups is 1. The lowest BCUT2D eigenvalue weighted by atomic mass is 10.3. The normalized spacial score (nSPS) is 11.9. The number of thioether (sulfide) groups is 1. The molecule has 0 aliphatic rings. The Kier molecular flexibility index (Phi) is 4.57. The topological polar surface area (TPSA) is 79.1 Å². The van der Waals surface area contributed by atoms with Crippen LogP contribution in [0.25, 0.3) is 5.69 Å². The van der Waals surface area contributed by atoms with Crippen molar-refractivity contribution in [3.8, 4) is 11.4 Å². The Morgan fingerprint density at radius 3 is 2.60 bits per heavy atom. The average Bonchev–Trinajstić information content (AvgIpc) is 2.94. The molecule has 0 saturated heterocycles. The molecule has 20 heavy (non-hydrogen) atoms. The van der Waals surface area contributed by atoms with Crippen LogP contribution in [0.2, 0.25) is 0 Å². The van der Waals surface area contributed by atoms with Crippen molar-refractivity contribution in [2.45, 2.75) is 17.3 Å². The first-order chi connectivity index (χ1) is 9.65. The second kappa shape index (κ2) is 6.38. The molecule has 2 rings (SSSR count). The second-order valence-electron chi connectivity index (χ2n) is 3.85. The summed E-state index contributed by atoms with van der Waals surface area (Å²) in [6.45, 7) is 1.74. The molecule has 0 N–H and O–H groups in total. The number of carbonyl (C=O) groups excluding carboxylic acids is 1. The van der Waals surface area contributed by atoms with Crippen LogP contribution in [-0.4, -0.2) is 45.6 Å². The van der Waals surface area contributed by atoms with Gasteiger partial charge in [-0.15, -0.1) is 5.10 Å². The van der Waals surface area contributed by atoms with Gasteiger partial charge >= 0.3 is 5.97 Å². The summed E-state index contributed by atoms with van der Waals surface area (Å²) in [5.74, 6) is 0.429. The van der Waals surface area contributed by atoms with Crippen molar-refractivity contribution in [1.82, 2.24) is 20.2 Å². The van der Waals surface area contributed by atoms with Crippen LogP contribution in [0.4, 0.5) is 0 Å². The third-order valence-electron chi connectivity index (χ3n) is 2.57. The number of hydrogen-bond donors (Lipinski definition) is 0. The van der Waals surface area contributed by atoms with Crippen LogP contribution in [0.3, 0.4) is 0 Å². The molecule has 0 saturated carbocycles. The lowest BCUT2D eigenvalue weighted by molar-refractivity contribution is -0.139. The van der Waals surface area contributed by atoms with Crippen LogP contribution in [0, 0.1) is 0 Å². The van der Waals surface area contributed by atoms with Crippen molar-refractivity contribution in [2.75, 3.05) is 14.2 Å². The van der Waals surface area contributed by atoms with E-state index in [1.54, 1.807) is 18.7 Å². The van der Waals surface area contributed by atoms with Crippen LogP contribution < -0.4 is 4.74 Å². The lowest BCUT2D eigenvalue weighted by Crippen LogP contribution is -2.15. The minimum Gasteiger partial charge on any atom is -0.497 e. The van der Waals surface area contributed by atoms with Crippen molar-refractivity contribution in [3.05, 3.63) is 24.3 Å². The summed E-state index contributed by atoms with van der Waals surface area (Å²) in [6.07, 6.45) is 0. The minimum atomic E-state index is -0.386. The highest BCUT2D eigenvalue weighted by atomic mass is 32.2. The first-order valence-electron chi connectivity index (χ1n) is 5.83. The quantitative estimate of drug-likeness (QED) is 0.608. The molecule has 0 amide bonds. The number of methoxy groups -OCH3 is 2. The maximum atomic E-state index is 11.4. The van der Waals surface area contributed by atoms with E-state index in [4.69, 9.17) is 4.74 Å². The van der Waals surface area contributed by atoms with Crippen molar-refractivity contribution < 1.29 is 14.3 Å². The molecule has 7 nitrogen and oxygen atoms in total. The monoisotopic (exact) mass is 294 g/mol. The summed E-state index contributed by atoms with van der Waals surface area (Å²) in [5.41, 5.74) is 0.787. The van der Waals surface area contributed by atoms with Crippen molar-refractivity contribution >= 4 is 17.7 Å². The highest BCUT2D eigenvalue weighted by Crippen LogP contribution is 2.24. The zero-order chi connectivity index (χ0) is 14.5. The van der Waals surface area contributed by atoms with E-state index in [1.807, 2.05) is 24.3 Å². The van der Waals surface area contributed by atoms with E-state index in [0.29, 0.717) is 5.16 Å². The Hall–Kier alpha value is -2.09. The maximum absolute atomic E-state index is 11.4. The highest BCUT2D eigenvalue weighted by molar-refractivity contribution is 8.00. The number of tetrazole rings is 1. The highest BCUT2D eigenvalue weighted by Gasteiger charge is 2.19. The van der Waals surface area contributed by atoms with Gasteiger partial charge in [0.1, 0.15) is 11.0 Å². The largest absolute Gasteiger partial charge is 0.497 e. The minimum absolute atomic E-state index is 0.320. The van der Waals surface area contributed by atoms with Crippen molar-refractivity contribution in [3.63, 3.8) is 0 Å². The maximum Gasteiger partial charge on any atom is 0.318 e. The molecule has 1 aromatic heterocycles. The fourth-order valence-electron chi connectivity index (χ4n) is 1.51. The fourth-order valence-corrected chi connectivity index (χ4v) is 2.34. The predicted octanol–water partition coefficient (Wildman–Crippen LogP) is 1.32. The SMILES string of the molecule is COC(=O)[C@H](C)Sc1nnnn1-c1ccc(OC)cc1. The van der Waals surface area contributed by atoms with E-state index in [9.17, 15) is 4.79 Å². The van der Waals surface area contributed by atoms with E-state index in [0.717, 1.165) is 11.4 Å². The molecule has 1 atom stereocenters. The number of rotatable bonds is 5. The Labute approximate surface area is 120 Å². The van der Waals surface area contributed by atoms with Gasteiger partial charge in [-0.3, -0.25) is 4.79 Å². The zero-order valence-corrected chi connectivity index (χ0v) is 12.1. The Morgan fingerprint density at radius 2 is 2.00 bits per heavy atom. The van der Waals surface area contributed by atoms with Crippen LogP contribution in [0.1, 0.15) is 6.92 Å². The van der Waals surface area contributed by atoms with Gasteiger partial charge in [-0.1, -0.05) is 11.8 Å². The van der Waals surface area contributed by atoms with Crippen LogP contribution >= 0.6 is 11.8 Å². The number of benzene rings is 1. The van der Waals surface area contributed by atoms with Gasteiger partial charge in [-0.05, 0) is 41.6 Å². The van der Waals surface area contributed by atoms with Gasteiger partial charge in [0.05, 0.1) is 19.9 Å². The molecule has 2 aromatic rings. The van der Waals surface area contributed by atoms with Crippen LogP contribution in [-0.2, 0) is 9.53 Å². The van der Waals surface area contributed by atoms with E-state index >= 15 is 0 Å². The van der Waals surface area contributed by atoms with Gasteiger partial charge in [0.2, 0.25) is 5.16 Å². The predicted molar refractivity (Wildman–Crippen MR) is 73.0 cm³/mol. The average molecular weight is 294 g/mol. The number of ether oxygens (including phenoxy) is 2. The number of hydrogen-bond acceptors (Lipinski definition) is 7.